The third-order valence-electron chi connectivity index (χ3n) is 3.93. The second kappa shape index (κ2) is 7.74. The van der Waals surface area contributed by atoms with Gasteiger partial charge in [0.1, 0.15) is 0 Å². The van der Waals surface area contributed by atoms with Crippen LogP contribution in [0.15, 0.2) is 0 Å². The van der Waals surface area contributed by atoms with Gasteiger partial charge in [0.05, 0.1) is 6.04 Å². The maximum absolute atomic E-state index is 12.1. The third-order valence-corrected chi connectivity index (χ3v) is 3.93. The second-order valence-electron chi connectivity index (χ2n) is 5.71. The summed E-state index contributed by atoms with van der Waals surface area (Å²) < 4.78 is 0. The lowest BCUT2D eigenvalue weighted by Crippen LogP contribution is -2.45. The highest BCUT2D eigenvalue weighted by Crippen LogP contribution is 2.17. The summed E-state index contributed by atoms with van der Waals surface area (Å²) in [6.07, 6.45) is 5.33. The van der Waals surface area contributed by atoms with Gasteiger partial charge < -0.3 is 15.5 Å². The lowest BCUT2D eigenvalue weighted by Gasteiger charge is -2.32. The molecule has 0 saturated carbocycles. The van der Waals surface area contributed by atoms with E-state index in [1.165, 1.54) is 12.8 Å². The number of nitrogens with zero attached hydrogens (tertiary/aromatic N) is 2. The van der Waals surface area contributed by atoms with Crippen molar-refractivity contribution in [3.05, 3.63) is 0 Å². The summed E-state index contributed by atoms with van der Waals surface area (Å²) in [5, 5.41) is 0. The predicted molar refractivity (Wildman–Crippen MR) is 75.4 cm³/mol. The molecule has 0 aromatic heterocycles. The van der Waals surface area contributed by atoms with E-state index in [4.69, 9.17) is 5.73 Å². The summed E-state index contributed by atoms with van der Waals surface area (Å²) in [7, 11) is 4.05. The van der Waals surface area contributed by atoms with Crippen LogP contribution in [0.5, 0.6) is 0 Å². The van der Waals surface area contributed by atoms with Gasteiger partial charge in [-0.3, -0.25) is 4.79 Å². The number of likely N-dealkylation sites (N-methyl/N-ethyl adjacent to an activating group) is 1. The molecular weight excluding hydrogens is 226 g/mol. The van der Waals surface area contributed by atoms with E-state index in [1.54, 1.807) is 0 Å². The van der Waals surface area contributed by atoms with Crippen molar-refractivity contribution in [2.24, 2.45) is 11.7 Å². The smallest absolute Gasteiger partial charge is 0.239 e. The molecule has 1 rings (SSSR count). The van der Waals surface area contributed by atoms with Crippen LogP contribution in [-0.2, 0) is 4.79 Å². The van der Waals surface area contributed by atoms with E-state index in [0.29, 0.717) is 5.92 Å². The molecule has 0 spiro atoms. The van der Waals surface area contributed by atoms with Crippen LogP contribution in [0, 0.1) is 5.92 Å². The molecule has 1 saturated heterocycles. The average Bonchev–Trinajstić information content (AvgIpc) is 2.37. The van der Waals surface area contributed by atoms with E-state index >= 15 is 0 Å². The summed E-state index contributed by atoms with van der Waals surface area (Å²) in [5.41, 5.74) is 5.93. The summed E-state index contributed by atoms with van der Waals surface area (Å²) in [6, 6.07) is -0.304. The second-order valence-corrected chi connectivity index (χ2v) is 5.71. The van der Waals surface area contributed by atoms with Crippen LogP contribution >= 0.6 is 0 Å². The zero-order valence-electron chi connectivity index (χ0n) is 12.2. The van der Waals surface area contributed by atoms with Crippen LogP contribution in [0.3, 0.4) is 0 Å². The number of hydrogen-bond acceptors (Lipinski definition) is 3. The molecule has 106 valence electrons. The molecule has 1 amide bonds. The van der Waals surface area contributed by atoms with E-state index in [-0.39, 0.29) is 11.9 Å². The lowest BCUT2D eigenvalue weighted by atomic mass is 9.96. The first-order valence-electron chi connectivity index (χ1n) is 7.23. The maximum Gasteiger partial charge on any atom is 0.239 e. The summed E-state index contributed by atoms with van der Waals surface area (Å²) in [5.74, 6) is 0.760. The van der Waals surface area contributed by atoms with Gasteiger partial charge in [-0.2, -0.15) is 0 Å². The summed E-state index contributed by atoms with van der Waals surface area (Å²) in [4.78, 5) is 16.3. The third kappa shape index (κ3) is 4.94. The van der Waals surface area contributed by atoms with Gasteiger partial charge in [0.25, 0.3) is 0 Å². The normalized spacial score (nSPS) is 19.8. The van der Waals surface area contributed by atoms with Crippen LogP contribution in [0.1, 0.15) is 39.0 Å². The molecule has 18 heavy (non-hydrogen) atoms. The van der Waals surface area contributed by atoms with E-state index in [2.05, 4.69) is 18.9 Å². The van der Waals surface area contributed by atoms with E-state index in [0.717, 1.165) is 38.9 Å². The Hall–Kier alpha value is -0.610. The van der Waals surface area contributed by atoms with Crippen molar-refractivity contribution >= 4 is 5.91 Å². The van der Waals surface area contributed by atoms with Crippen molar-refractivity contribution < 1.29 is 4.79 Å². The largest absolute Gasteiger partial charge is 0.344 e. The van der Waals surface area contributed by atoms with Gasteiger partial charge in [0.15, 0.2) is 0 Å². The van der Waals surface area contributed by atoms with Gasteiger partial charge >= 0.3 is 0 Å². The Morgan fingerprint density at radius 1 is 1.44 bits per heavy atom. The number of carbonyl (C=O) groups excluding carboxylic acids is 1. The number of amides is 1. The fourth-order valence-electron chi connectivity index (χ4n) is 2.55. The highest BCUT2D eigenvalue weighted by Gasteiger charge is 2.22. The minimum Gasteiger partial charge on any atom is -0.344 e. The Morgan fingerprint density at radius 3 is 2.61 bits per heavy atom. The van der Waals surface area contributed by atoms with Crippen LogP contribution in [0.2, 0.25) is 0 Å². The average molecular weight is 255 g/mol. The van der Waals surface area contributed by atoms with Crippen molar-refractivity contribution in [1.82, 2.24) is 9.80 Å². The zero-order valence-corrected chi connectivity index (χ0v) is 12.2. The number of likely N-dealkylation sites (tertiary alicyclic amines) is 1. The number of hydrogen-bond donors (Lipinski definition) is 1. The Labute approximate surface area is 111 Å². The van der Waals surface area contributed by atoms with Gasteiger partial charge in [-0.25, -0.2) is 0 Å². The van der Waals surface area contributed by atoms with Crippen molar-refractivity contribution in [2.75, 3.05) is 33.7 Å². The SMILES string of the molecule is CCCC[C@@H](N)C(=O)N(C)CC1CCN(C)CC1. The molecular formula is C14H29N3O. The number of rotatable bonds is 6. The monoisotopic (exact) mass is 255 g/mol. The summed E-state index contributed by atoms with van der Waals surface area (Å²) in [6.45, 7) is 5.29. The Kier molecular flexibility index (Phi) is 6.65. The van der Waals surface area contributed by atoms with Crippen molar-refractivity contribution in [3.63, 3.8) is 0 Å². The number of piperidine rings is 1. The number of nitrogens with two attached hydrogens (primary N) is 1. The molecule has 1 fully saturated rings. The Bertz CT molecular complexity index is 249. The highest BCUT2D eigenvalue weighted by molar-refractivity contribution is 5.81. The van der Waals surface area contributed by atoms with Crippen molar-refractivity contribution in [1.29, 1.82) is 0 Å². The number of carbonyl (C=O) groups is 1. The van der Waals surface area contributed by atoms with E-state index in [9.17, 15) is 4.79 Å². The molecule has 4 nitrogen and oxygen atoms in total. The molecule has 4 heteroatoms. The fourth-order valence-corrected chi connectivity index (χ4v) is 2.55. The molecule has 2 N–H and O–H groups in total. The summed E-state index contributed by atoms with van der Waals surface area (Å²) >= 11 is 0. The molecule has 1 aliphatic rings. The van der Waals surface area contributed by atoms with Crippen LogP contribution in [-0.4, -0.2) is 55.5 Å². The first-order chi connectivity index (χ1) is 8.54. The van der Waals surface area contributed by atoms with Crippen LogP contribution < -0.4 is 5.73 Å². The van der Waals surface area contributed by atoms with Crippen molar-refractivity contribution in [3.8, 4) is 0 Å². The molecule has 1 atom stereocenters. The van der Waals surface area contributed by atoms with Gasteiger partial charge in [-0.1, -0.05) is 19.8 Å². The van der Waals surface area contributed by atoms with Gasteiger partial charge in [0.2, 0.25) is 5.91 Å². The molecule has 0 bridgehead atoms. The fraction of sp³-hybridized carbons (Fsp3) is 0.929. The molecule has 0 aromatic carbocycles. The van der Waals surface area contributed by atoms with Gasteiger partial charge in [0, 0.05) is 13.6 Å². The highest BCUT2D eigenvalue weighted by atomic mass is 16.2. The first-order valence-corrected chi connectivity index (χ1v) is 7.23. The lowest BCUT2D eigenvalue weighted by molar-refractivity contribution is -0.132. The quantitative estimate of drug-likeness (QED) is 0.778. The topological polar surface area (TPSA) is 49.6 Å². The molecule has 0 aromatic rings. The van der Waals surface area contributed by atoms with Crippen molar-refractivity contribution in [2.45, 2.75) is 45.1 Å². The molecule has 1 aliphatic heterocycles. The zero-order chi connectivity index (χ0) is 13.5. The van der Waals surface area contributed by atoms with Crippen LogP contribution in [0.25, 0.3) is 0 Å². The van der Waals surface area contributed by atoms with E-state index < -0.39 is 0 Å². The maximum atomic E-state index is 12.1. The van der Waals surface area contributed by atoms with Crippen LogP contribution in [0.4, 0.5) is 0 Å². The molecule has 0 unspecified atom stereocenters. The standard InChI is InChI=1S/C14H29N3O/c1-4-5-6-13(15)14(18)17(3)11-12-7-9-16(2)10-8-12/h12-13H,4-11,15H2,1-3H3/t13-/m1/s1. The first kappa shape index (κ1) is 15.4. The molecule has 0 radical (unpaired) electrons. The number of unbranched alkanes of at least 4 members (excludes halogenated alkanes) is 1. The molecule has 1 heterocycles. The van der Waals surface area contributed by atoms with E-state index in [1.807, 2.05) is 11.9 Å². The minimum absolute atomic E-state index is 0.113. The Balaban J connectivity index is 2.30. The molecule has 0 aliphatic carbocycles. The minimum atomic E-state index is -0.304. The van der Waals surface area contributed by atoms with Gasteiger partial charge in [-0.15, -0.1) is 0 Å². The predicted octanol–water partition coefficient (Wildman–Crippen LogP) is 1.30. The Morgan fingerprint density at radius 2 is 2.06 bits per heavy atom. The van der Waals surface area contributed by atoms with Gasteiger partial charge in [-0.05, 0) is 45.3 Å².